The van der Waals surface area contributed by atoms with Crippen LogP contribution in [0.4, 0.5) is 0 Å². The third-order valence-electron chi connectivity index (χ3n) is 8.21. The van der Waals surface area contributed by atoms with Crippen molar-refractivity contribution in [3.8, 4) is 0 Å². The van der Waals surface area contributed by atoms with Gasteiger partial charge in [0.25, 0.3) is 0 Å². The van der Waals surface area contributed by atoms with Crippen molar-refractivity contribution < 1.29 is 18.0 Å². The molecule has 0 bridgehead atoms. The summed E-state index contributed by atoms with van der Waals surface area (Å²) in [7, 11) is -3.89. The fraction of sp³-hybridized carbons (Fsp3) is 0.692. The monoisotopic (exact) mass is 504 g/mol. The van der Waals surface area contributed by atoms with Gasteiger partial charge in [-0.15, -0.1) is 0 Å². The molecule has 0 radical (unpaired) electrons. The van der Waals surface area contributed by atoms with Crippen molar-refractivity contribution in [2.24, 2.45) is 23.5 Å². The van der Waals surface area contributed by atoms with Crippen molar-refractivity contribution in [3.63, 3.8) is 0 Å². The van der Waals surface area contributed by atoms with Gasteiger partial charge in [-0.1, -0.05) is 37.0 Å². The number of piperazine rings is 1. The van der Waals surface area contributed by atoms with Crippen LogP contribution >= 0.6 is 0 Å². The smallest absolute Gasteiger partial charge is 0.243 e. The molecule has 1 aromatic rings. The van der Waals surface area contributed by atoms with Gasteiger partial charge in [0.05, 0.1) is 11.3 Å². The van der Waals surface area contributed by atoms with Crippen LogP contribution in [0.15, 0.2) is 29.2 Å². The van der Waals surface area contributed by atoms with E-state index in [2.05, 4.69) is 10.6 Å². The molecule has 4 rings (SSSR count). The van der Waals surface area contributed by atoms with Crippen molar-refractivity contribution in [3.05, 3.63) is 29.8 Å². The molecule has 5 atom stereocenters. The molecule has 4 N–H and O–H groups in total. The summed E-state index contributed by atoms with van der Waals surface area (Å²) in [6.07, 6.45) is 8.87. The van der Waals surface area contributed by atoms with Gasteiger partial charge < -0.3 is 16.4 Å². The second kappa shape index (κ2) is 11.4. The molecule has 1 heterocycles. The van der Waals surface area contributed by atoms with Crippen LogP contribution < -0.4 is 16.4 Å². The Kier molecular flexibility index (Phi) is 8.50. The molecule has 4 unspecified atom stereocenters. The summed E-state index contributed by atoms with van der Waals surface area (Å²) >= 11 is 0. The van der Waals surface area contributed by atoms with Crippen molar-refractivity contribution in [2.75, 3.05) is 19.6 Å². The predicted molar refractivity (Wildman–Crippen MR) is 135 cm³/mol. The number of aryl methyl sites for hydroxylation is 1. The van der Waals surface area contributed by atoms with E-state index in [1.54, 1.807) is 24.3 Å². The highest BCUT2D eigenvalue weighted by Crippen LogP contribution is 2.44. The minimum absolute atomic E-state index is 0.102. The van der Waals surface area contributed by atoms with Gasteiger partial charge in [0, 0.05) is 19.1 Å². The minimum atomic E-state index is -3.89. The van der Waals surface area contributed by atoms with E-state index in [0.717, 1.165) is 43.7 Å². The molecule has 3 aliphatic rings. The van der Waals surface area contributed by atoms with E-state index in [1.165, 1.54) is 30.0 Å². The number of fused-ring (bicyclic) bond motifs is 1. The summed E-state index contributed by atoms with van der Waals surface area (Å²) in [5, 5.41) is 5.94. The Morgan fingerprint density at radius 1 is 1.17 bits per heavy atom. The molecular formula is C26H40N4O4S. The first kappa shape index (κ1) is 26.1. The molecule has 1 aromatic carbocycles. The molecule has 2 amide bonds. The van der Waals surface area contributed by atoms with Gasteiger partial charge >= 0.3 is 0 Å². The van der Waals surface area contributed by atoms with Crippen molar-refractivity contribution in [2.45, 2.75) is 81.7 Å². The SMILES string of the molecule is Cc1ccc(S(=O)(=O)N2CCNC(=O)[C@H]2CC(=O)NC2CCCC3CC(CCCN)CCC32)cc1. The number of benzene rings is 1. The molecule has 2 aliphatic carbocycles. The average Bonchev–Trinajstić information content (AvgIpc) is 2.84. The number of hydrogen-bond donors (Lipinski definition) is 3. The maximum atomic E-state index is 13.3. The fourth-order valence-corrected chi connectivity index (χ4v) is 7.96. The molecular weight excluding hydrogens is 464 g/mol. The second-order valence-electron chi connectivity index (χ2n) is 10.6. The molecule has 1 saturated heterocycles. The summed E-state index contributed by atoms with van der Waals surface area (Å²) in [5.41, 5.74) is 6.65. The van der Waals surface area contributed by atoms with Crippen molar-refractivity contribution in [1.82, 2.24) is 14.9 Å². The Morgan fingerprint density at radius 2 is 1.94 bits per heavy atom. The molecule has 9 heteroatoms. The van der Waals surface area contributed by atoms with Crippen LogP contribution in [-0.4, -0.2) is 56.3 Å². The Hall–Kier alpha value is -1.97. The highest BCUT2D eigenvalue weighted by atomic mass is 32.2. The number of carbonyl (C=O) groups excluding carboxylic acids is 2. The first-order chi connectivity index (χ1) is 16.8. The zero-order valence-electron chi connectivity index (χ0n) is 20.7. The van der Waals surface area contributed by atoms with E-state index in [0.29, 0.717) is 11.8 Å². The Bertz CT molecular complexity index is 997. The van der Waals surface area contributed by atoms with E-state index in [4.69, 9.17) is 5.73 Å². The van der Waals surface area contributed by atoms with Gasteiger partial charge in [0.15, 0.2) is 0 Å². The summed E-state index contributed by atoms with van der Waals surface area (Å²) in [6.45, 7) is 3.02. The first-order valence-corrected chi connectivity index (χ1v) is 14.6. The van der Waals surface area contributed by atoms with Crippen LogP contribution in [0.1, 0.15) is 63.4 Å². The number of nitrogens with zero attached hydrogens (tertiary/aromatic N) is 1. The average molecular weight is 505 g/mol. The normalized spacial score (nSPS) is 29.8. The zero-order chi connectivity index (χ0) is 25.0. The van der Waals surface area contributed by atoms with E-state index in [-0.39, 0.29) is 36.4 Å². The molecule has 35 heavy (non-hydrogen) atoms. The fourth-order valence-electron chi connectivity index (χ4n) is 6.37. The van der Waals surface area contributed by atoms with Crippen LogP contribution in [0.25, 0.3) is 0 Å². The molecule has 3 fully saturated rings. The largest absolute Gasteiger partial charge is 0.353 e. The van der Waals surface area contributed by atoms with Crippen LogP contribution in [0.2, 0.25) is 0 Å². The van der Waals surface area contributed by atoms with Gasteiger partial charge in [0.1, 0.15) is 6.04 Å². The number of sulfonamides is 1. The number of amides is 2. The first-order valence-electron chi connectivity index (χ1n) is 13.1. The number of rotatable bonds is 8. The van der Waals surface area contributed by atoms with Gasteiger partial charge in [0.2, 0.25) is 21.8 Å². The quantitative estimate of drug-likeness (QED) is 0.502. The van der Waals surface area contributed by atoms with Crippen LogP contribution in [0.3, 0.4) is 0 Å². The van der Waals surface area contributed by atoms with Crippen LogP contribution in [0.5, 0.6) is 0 Å². The Morgan fingerprint density at radius 3 is 2.69 bits per heavy atom. The lowest BCUT2D eigenvalue weighted by Crippen LogP contribution is -2.58. The summed E-state index contributed by atoms with van der Waals surface area (Å²) < 4.78 is 27.8. The van der Waals surface area contributed by atoms with Crippen molar-refractivity contribution >= 4 is 21.8 Å². The molecule has 0 aromatic heterocycles. The van der Waals surface area contributed by atoms with Gasteiger partial charge in [-0.3, -0.25) is 9.59 Å². The molecule has 8 nitrogen and oxygen atoms in total. The Labute approximate surface area is 209 Å². The number of nitrogens with one attached hydrogen (secondary N) is 2. The predicted octanol–water partition coefficient (Wildman–Crippen LogP) is 2.31. The lowest BCUT2D eigenvalue weighted by atomic mass is 9.64. The standard InChI is InChI=1S/C26H40N4O4S/c1-18-7-10-21(11-8-18)35(33,34)30-15-14-28-26(32)24(30)17-25(31)29-23-6-2-5-20-16-19(4-3-13-27)9-12-22(20)23/h7-8,10-11,19-20,22-24H,2-6,9,12-17,27H2,1H3,(H,28,32)(H,29,31)/t19?,20?,22?,23?,24-/m1/s1. The summed E-state index contributed by atoms with van der Waals surface area (Å²) in [5.74, 6) is 1.17. The molecule has 0 spiro atoms. The maximum Gasteiger partial charge on any atom is 0.243 e. The minimum Gasteiger partial charge on any atom is -0.353 e. The van der Waals surface area contributed by atoms with Crippen LogP contribution in [0, 0.1) is 24.7 Å². The van der Waals surface area contributed by atoms with Gasteiger partial charge in [-0.25, -0.2) is 8.42 Å². The highest BCUT2D eigenvalue weighted by molar-refractivity contribution is 7.89. The number of hydrogen-bond acceptors (Lipinski definition) is 5. The van der Waals surface area contributed by atoms with Gasteiger partial charge in [-0.05, 0) is 75.5 Å². The molecule has 1 aliphatic heterocycles. The Balaban J connectivity index is 1.41. The van der Waals surface area contributed by atoms with E-state index in [9.17, 15) is 18.0 Å². The second-order valence-corrected chi connectivity index (χ2v) is 12.5. The van der Waals surface area contributed by atoms with E-state index < -0.39 is 22.0 Å². The van der Waals surface area contributed by atoms with Gasteiger partial charge in [-0.2, -0.15) is 4.31 Å². The summed E-state index contributed by atoms with van der Waals surface area (Å²) in [4.78, 5) is 26.0. The van der Waals surface area contributed by atoms with Crippen molar-refractivity contribution in [1.29, 1.82) is 0 Å². The topological polar surface area (TPSA) is 122 Å². The van der Waals surface area contributed by atoms with E-state index >= 15 is 0 Å². The highest BCUT2D eigenvalue weighted by Gasteiger charge is 2.42. The number of nitrogens with two attached hydrogens (primary N) is 1. The van der Waals surface area contributed by atoms with Crippen LogP contribution in [-0.2, 0) is 19.6 Å². The number of carbonyl (C=O) groups is 2. The third-order valence-corrected chi connectivity index (χ3v) is 10.1. The maximum absolute atomic E-state index is 13.3. The van der Waals surface area contributed by atoms with E-state index in [1.807, 2.05) is 6.92 Å². The zero-order valence-corrected chi connectivity index (χ0v) is 21.6. The lowest BCUT2D eigenvalue weighted by Gasteiger charge is -2.44. The lowest BCUT2D eigenvalue weighted by molar-refractivity contribution is -0.132. The summed E-state index contributed by atoms with van der Waals surface area (Å²) in [6, 6.07) is 5.65. The molecule has 2 saturated carbocycles. The third kappa shape index (κ3) is 6.06. The molecule has 194 valence electrons.